The van der Waals surface area contributed by atoms with Crippen molar-refractivity contribution >= 4 is 17.8 Å². The zero-order valence-corrected chi connectivity index (χ0v) is 8.90. The molecule has 0 aliphatic carbocycles. The second-order valence-electron chi connectivity index (χ2n) is 3.83. The number of carbonyl (C=O) groups is 1. The molecule has 1 amide bonds. The average Bonchev–Trinajstić information content (AvgIpc) is 2.29. The molecule has 2 N–H and O–H groups in total. The number of nitrogens with two attached hydrogens (primary N) is 1. The maximum atomic E-state index is 12.9. The second kappa shape index (κ2) is 4.38. The van der Waals surface area contributed by atoms with Crippen LogP contribution in [0.15, 0.2) is 18.2 Å². The number of rotatable bonds is 2. The van der Waals surface area contributed by atoms with Gasteiger partial charge in [-0.2, -0.15) is 0 Å². The van der Waals surface area contributed by atoms with E-state index in [1.54, 1.807) is 11.0 Å². The van der Waals surface area contributed by atoms with E-state index >= 15 is 0 Å². The van der Waals surface area contributed by atoms with Crippen molar-refractivity contribution < 1.29 is 9.18 Å². The Morgan fingerprint density at radius 1 is 1.25 bits per heavy atom. The number of halogens is 1. The maximum absolute atomic E-state index is 12.9. The lowest BCUT2D eigenvalue weighted by atomic mass is 10.2. The molecule has 1 saturated heterocycles. The molecule has 0 saturated carbocycles. The summed E-state index contributed by atoms with van der Waals surface area (Å²) in [5.74, 6) is -0.326. The molecule has 1 heterocycles. The van der Waals surface area contributed by atoms with Gasteiger partial charge in [0, 0.05) is 26.2 Å². The van der Waals surface area contributed by atoms with Crippen LogP contribution in [-0.4, -0.2) is 37.5 Å². The van der Waals surface area contributed by atoms with Gasteiger partial charge in [-0.1, -0.05) is 0 Å². The van der Waals surface area contributed by atoms with Gasteiger partial charge in [-0.3, -0.25) is 4.79 Å². The van der Waals surface area contributed by atoms with Gasteiger partial charge >= 0.3 is 0 Å². The number of anilines is 2. The first-order valence-electron chi connectivity index (χ1n) is 5.20. The van der Waals surface area contributed by atoms with Crippen molar-refractivity contribution in [3.05, 3.63) is 24.0 Å². The molecular weight excluding hydrogens is 209 g/mol. The molecule has 0 aromatic heterocycles. The molecule has 86 valence electrons. The first kappa shape index (κ1) is 10.7. The van der Waals surface area contributed by atoms with Crippen LogP contribution in [0.2, 0.25) is 0 Å². The second-order valence-corrected chi connectivity index (χ2v) is 3.83. The fourth-order valence-corrected chi connectivity index (χ4v) is 1.88. The molecule has 4 nitrogen and oxygen atoms in total. The van der Waals surface area contributed by atoms with Crippen molar-refractivity contribution in [2.24, 2.45) is 0 Å². The summed E-state index contributed by atoms with van der Waals surface area (Å²) in [5.41, 5.74) is 7.04. The van der Waals surface area contributed by atoms with Crippen LogP contribution in [0, 0.1) is 5.82 Å². The zero-order chi connectivity index (χ0) is 11.5. The van der Waals surface area contributed by atoms with Crippen molar-refractivity contribution in [2.75, 3.05) is 36.8 Å². The van der Waals surface area contributed by atoms with E-state index in [2.05, 4.69) is 4.90 Å². The van der Waals surface area contributed by atoms with Gasteiger partial charge in [0.05, 0.1) is 11.4 Å². The highest BCUT2D eigenvalue weighted by atomic mass is 19.1. The van der Waals surface area contributed by atoms with Gasteiger partial charge in [0.25, 0.3) is 0 Å². The van der Waals surface area contributed by atoms with Crippen molar-refractivity contribution in [3.8, 4) is 0 Å². The van der Waals surface area contributed by atoms with Crippen LogP contribution in [0.3, 0.4) is 0 Å². The SMILES string of the molecule is Nc1cc(F)ccc1N1CCN(C=O)CC1. The Morgan fingerprint density at radius 3 is 2.50 bits per heavy atom. The summed E-state index contributed by atoms with van der Waals surface area (Å²) >= 11 is 0. The topological polar surface area (TPSA) is 49.6 Å². The number of carbonyl (C=O) groups excluding carboxylic acids is 1. The Balaban J connectivity index is 2.11. The Labute approximate surface area is 93.4 Å². The molecule has 1 aromatic carbocycles. The lowest BCUT2D eigenvalue weighted by molar-refractivity contribution is -0.118. The lowest BCUT2D eigenvalue weighted by Crippen LogP contribution is -2.45. The molecule has 5 heteroatoms. The quantitative estimate of drug-likeness (QED) is 0.592. The summed E-state index contributed by atoms with van der Waals surface area (Å²) in [4.78, 5) is 14.3. The lowest BCUT2D eigenvalue weighted by Gasteiger charge is -2.34. The van der Waals surface area contributed by atoms with E-state index in [0.29, 0.717) is 18.8 Å². The van der Waals surface area contributed by atoms with Crippen molar-refractivity contribution in [1.29, 1.82) is 0 Å². The minimum Gasteiger partial charge on any atom is -0.397 e. The highest BCUT2D eigenvalue weighted by molar-refractivity contribution is 5.68. The van der Waals surface area contributed by atoms with Crippen LogP contribution in [0.25, 0.3) is 0 Å². The summed E-state index contributed by atoms with van der Waals surface area (Å²) in [6.45, 7) is 2.82. The van der Waals surface area contributed by atoms with Crippen molar-refractivity contribution in [3.63, 3.8) is 0 Å². The van der Waals surface area contributed by atoms with Crippen molar-refractivity contribution in [1.82, 2.24) is 4.90 Å². The average molecular weight is 223 g/mol. The Kier molecular flexibility index (Phi) is 2.94. The monoisotopic (exact) mass is 223 g/mol. The molecular formula is C11H14FN3O. The largest absolute Gasteiger partial charge is 0.397 e. The summed E-state index contributed by atoms with van der Waals surface area (Å²) in [6, 6.07) is 4.40. The van der Waals surface area contributed by atoms with Crippen LogP contribution in [0.4, 0.5) is 15.8 Å². The van der Waals surface area contributed by atoms with E-state index in [9.17, 15) is 9.18 Å². The highest BCUT2D eigenvalue weighted by Crippen LogP contribution is 2.24. The third-order valence-electron chi connectivity index (χ3n) is 2.79. The molecule has 2 rings (SSSR count). The number of hydrogen-bond acceptors (Lipinski definition) is 3. The first-order chi connectivity index (χ1) is 7.70. The van der Waals surface area contributed by atoms with Crippen LogP contribution in [0.1, 0.15) is 0 Å². The Morgan fingerprint density at radius 2 is 1.94 bits per heavy atom. The number of nitrogen functional groups attached to an aromatic ring is 1. The molecule has 0 spiro atoms. The predicted octanol–water partition coefficient (Wildman–Crippen LogP) is 0.686. The third kappa shape index (κ3) is 2.08. The molecule has 0 radical (unpaired) electrons. The van der Waals surface area contributed by atoms with Gasteiger partial charge < -0.3 is 15.5 Å². The number of piperazine rings is 1. The zero-order valence-electron chi connectivity index (χ0n) is 8.90. The fraction of sp³-hybridized carbons (Fsp3) is 0.364. The smallest absolute Gasteiger partial charge is 0.209 e. The third-order valence-corrected chi connectivity index (χ3v) is 2.79. The predicted molar refractivity (Wildman–Crippen MR) is 60.7 cm³/mol. The van der Waals surface area contributed by atoms with Gasteiger partial charge in [-0.25, -0.2) is 4.39 Å². The number of benzene rings is 1. The van der Waals surface area contributed by atoms with Gasteiger partial charge in [0.15, 0.2) is 0 Å². The summed E-state index contributed by atoms with van der Waals surface area (Å²) in [6.07, 6.45) is 0.853. The normalized spacial score (nSPS) is 16.3. The number of hydrogen-bond donors (Lipinski definition) is 1. The summed E-state index contributed by atoms with van der Waals surface area (Å²) in [5, 5.41) is 0. The fourth-order valence-electron chi connectivity index (χ4n) is 1.88. The minimum absolute atomic E-state index is 0.326. The molecule has 1 aliphatic rings. The van der Waals surface area contributed by atoms with Crippen LogP contribution >= 0.6 is 0 Å². The van der Waals surface area contributed by atoms with Crippen LogP contribution in [0.5, 0.6) is 0 Å². The number of nitrogens with zero attached hydrogens (tertiary/aromatic N) is 2. The van der Waals surface area contributed by atoms with E-state index in [4.69, 9.17) is 5.73 Å². The van der Waals surface area contributed by atoms with E-state index in [0.717, 1.165) is 25.2 Å². The van der Waals surface area contributed by atoms with Crippen LogP contribution in [-0.2, 0) is 4.79 Å². The van der Waals surface area contributed by atoms with Crippen molar-refractivity contribution in [2.45, 2.75) is 0 Å². The van der Waals surface area contributed by atoms with Gasteiger partial charge in [-0.05, 0) is 18.2 Å². The minimum atomic E-state index is -0.326. The Bertz CT molecular complexity index is 389. The first-order valence-corrected chi connectivity index (χ1v) is 5.20. The van der Waals surface area contributed by atoms with E-state index < -0.39 is 0 Å². The van der Waals surface area contributed by atoms with E-state index in [1.807, 2.05) is 0 Å². The summed E-state index contributed by atoms with van der Waals surface area (Å²) in [7, 11) is 0. The molecule has 0 unspecified atom stereocenters. The van der Waals surface area contributed by atoms with Gasteiger partial charge in [0.1, 0.15) is 5.82 Å². The maximum Gasteiger partial charge on any atom is 0.209 e. The molecule has 16 heavy (non-hydrogen) atoms. The van der Waals surface area contributed by atoms with E-state index in [-0.39, 0.29) is 5.82 Å². The van der Waals surface area contributed by atoms with Gasteiger partial charge in [-0.15, -0.1) is 0 Å². The van der Waals surface area contributed by atoms with E-state index in [1.165, 1.54) is 12.1 Å². The molecule has 1 aliphatic heterocycles. The summed E-state index contributed by atoms with van der Waals surface area (Å²) < 4.78 is 12.9. The molecule has 1 aromatic rings. The van der Waals surface area contributed by atoms with Gasteiger partial charge in [0.2, 0.25) is 6.41 Å². The van der Waals surface area contributed by atoms with Crippen LogP contribution < -0.4 is 10.6 Å². The number of amides is 1. The highest BCUT2D eigenvalue weighted by Gasteiger charge is 2.17. The Hall–Kier alpha value is -1.78. The molecule has 0 bridgehead atoms. The standard InChI is InChI=1S/C11H14FN3O/c12-9-1-2-11(10(13)7-9)15-5-3-14(8-16)4-6-15/h1-2,7-8H,3-6,13H2. The molecule has 1 fully saturated rings. The molecule has 0 atom stereocenters.